The quantitative estimate of drug-likeness (QED) is 0.281. The molecule has 0 bridgehead atoms. The Labute approximate surface area is 49.5 Å². The Morgan fingerprint density at radius 3 is 3.00 bits per heavy atom. The lowest BCUT2D eigenvalue weighted by atomic mass is 10.5. The highest BCUT2D eigenvalue weighted by molar-refractivity contribution is 5.77. The van der Waals surface area contributed by atoms with Crippen molar-refractivity contribution in [3.05, 3.63) is 0 Å². The van der Waals surface area contributed by atoms with E-state index in [1.807, 2.05) is 6.92 Å². The molecular weight excluding hydrogens is 102 g/mol. The highest BCUT2D eigenvalue weighted by Crippen LogP contribution is 1.65. The fourth-order valence-electron chi connectivity index (χ4n) is 0.227. The van der Waals surface area contributed by atoms with Crippen LogP contribution in [-0.4, -0.2) is 13.3 Å². The van der Waals surface area contributed by atoms with E-state index in [0.29, 0.717) is 0 Å². The molecule has 0 saturated heterocycles. The summed E-state index contributed by atoms with van der Waals surface area (Å²) < 4.78 is 0. The summed E-state index contributed by atoms with van der Waals surface area (Å²) >= 11 is 0. The molecule has 2 nitrogen and oxygen atoms in total. The van der Waals surface area contributed by atoms with Crippen molar-refractivity contribution in [2.75, 3.05) is 7.11 Å². The van der Waals surface area contributed by atoms with Gasteiger partial charge in [-0.2, -0.15) is 0 Å². The van der Waals surface area contributed by atoms with Gasteiger partial charge in [0.25, 0.3) is 0 Å². The topological polar surface area (TPSA) is 21.6 Å². The number of nitrogens with zero attached hydrogens (tertiary/aromatic N) is 1. The first-order valence-electron chi connectivity index (χ1n) is 2.45. The Bertz CT molecular complexity index is 118. The van der Waals surface area contributed by atoms with Crippen molar-refractivity contribution in [3.63, 3.8) is 0 Å². The number of hydrogen-bond acceptors (Lipinski definition) is 2. The van der Waals surface area contributed by atoms with Crippen molar-refractivity contribution >= 4 is 6.21 Å². The van der Waals surface area contributed by atoms with Crippen LogP contribution in [0.3, 0.4) is 0 Å². The summed E-state index contributed by atoms with van der Waals surface area (Å²) in [6, 6.07) is 0. The second kappa shape index (κ2) is 6.03. The average Bonchev–Trinajstić information content (AvgIpc) is 1.81. The zero-order valence-corrected chi connectivity index (χ0v) is 5.14. The van der Waals surface area contributed by atoms with Crippen LogP contribution < -0.4 is 0 Å². The minimum Gasteiger partial charge on any atom is -0.399 e. The first kappa shape index (κ1) is 7.03. The van der Waals surface area contributed by atoms with Crippen LogP contribution in [0.5, 0.6) is 0 Å². The van der Waals surface area contributed by atoms with Crippen molar-refractivity contribution in [2.24, 2.45) is 5.16 Å². The summed E-state index contributed by atoms with van der Waals surface area (Å²) in [5.74, 6) is 5.47. The second-order valence-electron chi connectivity index (χ2n) is 1.09. The summed E-state index contributed by atoms with van der Waals surface area (Å²) in [5.41, 5.74) is 0. The van der Waals surface area contributed by atoms with Crippen molar-refractivity contribution in [1.29, 1.82) is 0 Å². The van der Waals surface area contributed by atoms with Gasteiger partial charge >= 0.3 is 0 Å². The summed E-state index contributed by atoms with van der Waals surface area (Å²) in [6.07, 6.45) is 2.29. The van der Waals surface area contributed by atoms with Crippen LogP contribution >= 0.6 is 0 Å². The van der Waals surface area contributed by atoms with Crippen molar-refractivity contribution in [1.82, 2.24) is 0 Å². The zero-order valence-electron chi connectivity index (χ0n) is 5.14. The first-order valence-corrected chi connectivity index (χ1v) is 2.45. The van der Waals surface area contributed by atoms with Gasteiger partial charge in [-0.05, 0) is 0 Å². The van der Waals surface area contributed by atoms with E-state index in [0.717, 1.165) is 6.42 Å². The molecule has 44 valence electrons. The molecule has 0 aromatic heterocycles. The van der Waals surface area contributed by atoms with Crippen molar-refractivity contribution < 1.29 is 4.84 Å². The van der Waals surface area contributed by atoms with Gasteiger partial charge in [-0.25, -0.2) is 0 Å². The highest BCUT2D eigenvalue weighted by atomic mass is 16.6. The molecule has 0 rings (SSSR count). The molecule has 0 fully saturated rings. The molecule has 0 heterocycles. The fraction of sp³-hybridized carbons (Fsp3) is 0.500. The molecule has 8 heavy (non-hydrogen) atoms. The Morgan fingerprint density at radius 1 is 1.75 bits per heavy atom. The van der Waals surface area contributed by atoms with Gasteiger partial charge in [-0.15, -0.1) is 0 Å². The smallest absolute Gasteiger partial charge is 0.116 e. The van der Waals surface area contributed by atoms with E-state index in [-0.39, 0.29) is 0 Å². The predicted molar refractivity (Wildman–Crippen MR) is 33.6 cm³/mol. The molecule has 0 aliphatic carbocycles. The third-order valence-corrected chi connectivity index (χ3v) is 0.502. The summed E-state index contributed by atoms with van der Waals surface area (Å²) in [5, 5.41) is 3.41. The van der Waals surface area contributed by atoms with E-state index >= 15 is 0 Å². The Kier molecular flexibility index (Phi) is 5.30. The van der Waals surface area contributed by atoms with Gasteiger partial charge in [0.2, 0.25) is 0 Å². The minimum atomic E-state index is 0.857. The van der Waals surface area contributed by atoms with Crippen LogP contribution in [0, 0.1) is 11.8 Å². The van der Waals surface area contributed by atoms with Gasteiger partial charge in [0.05, 0.1) is 0 Å². The molecule has 0 aromatic rings. The van der Waals surface area contributed by atoms with Gasteiger partial charge in [0, 0.05) is 6.42 Å². The maximum atomic E-state index is 4.36. The van der Waals surface area contributed by atoms with Gasteiger partial charge in [-0.1, -0.05) is 23.9 Å². The van der Waals surface area contributed by atoms with Crippen molar-refractivity contribution in [2.45, 2.75) is 13.3 Å². The van der Waals surface area contributed by atoms with Crippen LogP contribution in [0.4, 0.5) is 0 Å². The average molecular weight is 111 g/mol. The summed E-state index contributed by atoms with van der Waals surface area (Å²) in [4.78, 5) is 4.36. The fourth-order valence-corrected chi connectivity index (χ4v) is 0.227. The van der Waals surface area contributed by atoms with Crippen LogP contribution in [0.2, 0.25) is 0 Å². The molecule has 0 unspecified atom stereocenters. The van der Waals surface area contributed by atoms with Crippen LogP contribution in [-0.2, 0) is 4.84 Å². The third kappa shape index (κ3) is 5.03. The van der Waals surface area contributed by atoms with E-state index < -0.39 is 0 Å². The molecule has 0 aliphatic heterocycles. The summed E-state index contributed by atoms with van der Waals surface area (Å²) in [7, 11) is 1.49. The standard InChI is InChI=1S/C6H9NO/c1-3-4-5-6-7-8-2/h6H,3H2,1-2H3. The molecule has 0 aliphatic rings. The lowest BCUT2D eigenvalue weighted by Gasteiger charge is -1.76. The molecule has 0 amide bonds. The third-order valence-electron chi connectivity index (χ3n) is 0.502. The van der Waals surface area contributed by atoms with E-state index in [4.69, 9.17) is 0 Å². The lowest BCUT2D eigenvalue weighted by molar-refractivity contribution is 0.216. The van der Waals surface area contributed by atoms with Gasteiger partial charge in [0.15, 0.2) is 0 Å². The maximum absolute atomic E-state index is 4.36. The van der Waals surface area contributed by atoms with Crippen LogP contribution in [0.15, 0.2) is 5.16 Å². The van der Waals surface area contributed by atoms with E-state index in [2.05, 4.69) is 21.8 Å². The Balaban J connectivity index is 3.26. The van der Waals surface area contributed by atoms with Crippen LogP contribution in [0.25, 0.3) is 0 Å². The van der Waals surface area contributed by atoms with Gasteiger partial charge in [-0.3, -0.25) is 0 Å². The van der Waals surface area contributed by atoms with Crippen molar-refractivity contribution in [3.8, 4) is 11.8 Å². The maximum Gasteiger partial charge on any atom is 0.116 e. The van der Waals surface area contributed by atoms with Gasteiger partial charge in [0.1, 0.15) is 13.3 Å². The molecule has 2 heteroatoms. The van der Waals surface area contributed by atoms with E-state index in [1.165, 1.54) is 13.3 Å². The predicted octanol–water partition coefficient (Wildman–Crippen LogP) is 1.03. The number of oxime groups is 1. The second-order valence-corrected chi connectivity index (χ2v) is 1.09. The molecule has 0 saturated carbocycles. The number of hydrogen-bond donors (Lipinski definition) is 0. The van der Waals surface area contributed by atoms with Crippen LogP contribution in [0.1, 0.15) is 13.3 Å². The molecule has 0 atom stereocenters. The normalized spacial score (nSPS) is 8.25. The largest absolute Gasteiger partial charge is 0.399 e. The Hall–Kier alpha value is -0.970. The first-order chi connectivity index (χ1) is 3.91. The van der Waals surface area contributed by atoms with E-state index in [1.54, 1.807) is 0 Å². The monoisotopic (exact) mass is 111 g/mol. The molecule has 0 radical (unpaired) electrons. The molecule has 0 N–H and O–H groups in total. The Morgan fingerprint density at radius 2 is 2.50 bits per heavy atom. The SMILES string of the molecule is CCC#CC=NOC. The minimum absolute atomic E-state index is 0.857. The molecule has 0 aromatic carbocycles. The zero-order chi connectivity index (χ0) is 6.24. The lowest BCUT2D eigenvalue weighted by Crippen LogP contribution is -1.68. The summed E-state index contributed by atoms with van der Waals surface area (Å²) in [6.45, 7) is 1.98. The highest BCUT2D eigenvalue weighted by Gasteiger charge is 1.58. The molecule has 0 spiro atoms. The molecular formula is C6H9NO. The van der Waals surface area contributed by atoms with E-state index in [9.17, 15) is 0 Å². The number of rotatable bonds is 1. The van der Waals surface area contributed by atoms with Gasteiger partial charge < -0.3 is 4.84 Å².